The Balaban J connectivity index is 1.79. The molecule has 1 amide bonds. The highest BCUT2D eigenvalue weighted by atomic mass is 16.5. The van der Waals surface area contributed by atoms with Gasteiger partial charge in [0.05, 0.1) is 6.04 Å². The number of piperazine rings is 1. The van der Waals surface area contributed by atoms with Gasteiger partial charge in [0, 0.05) is 31.7 Å². The van der Waals surface area contributed by atoms with Gasteiger partial charge in [-0.1, -0.05) is 18.2 Å². The highest BCUT2D eigenvalue weighted by molar-refractivity contribution is 5.65. The van der Waals surface area contributed by atoms with Crippen LogP contribution in [0, 0.1) is 0 Å². The van der Waals surface area contributed by atoms with Crippen molar-refractivity contribution in [3.8, 4) is 5.75 Å². The molecule has 1 aromatic carbocycles. The molecule has 0 saturated carbocycles. The maximum absolute atomic E-state index is 10.9. The molecule has 2 atom stereocenters. The summed E-state index contributed by atoms with van der Waals surface area (Å²) in [5, 5.41) is 19.2. The topological polar surface area (TPSA) is 73.2 Å². The van der Waals surface area contributed by atoms with Gasteiger partial charge in [-0.15, -0.1) is 0 Å². The number of aliphatic hydroxyl groups excluding tert-OH is 1. The fourth-order valence-electron chi connectivity index (χ4n) is 2.96. The lowest BCUT2D eigenvalue weighted by Crippen LogP contribution is -2.52. The number of hydrogen-bond donors (Lipinski definition) is 2. The first-order valence-electron chi connectivity index (χ1n) is 6.78. The molecule has 0 spiro atoms. The molecule has 6 nitrogen and oxygen atoms in total. The van der Waals surface area contributed by atoms with E-state index in [-0.39, 0.29) is 12.6 Å². The summed E-state index contributed by atoms with van der Waals surface area (Å²) < 4.78 is 5.53. The minimum absolute atomic E-state index is 0.115. The van der Waals surface area contributed by atoms with Crippen molar-refractivity contribution < 1.29 is 19.7 Å². The van der Waals surface area contributed by atoms with E-state index in [1.165, 1.54) is 4.90 Å². The fraction of sp³-hybridized carbons (Fsp3) is 0.500. The van der Waals surface area contributed by atoms with E-state index in [0.29, 0.717) is 26.2 Å². The number of fused-ring (bicyclic) bond motifs is 1. The van der Waals surface area contributed by atoms with Gasteiger partial charge in [0.25, 0.3) is 0 Å². The molecule has 0 aliphatic carbocycles. The Hall–Kier alpha value is -1.79. The van der Waals surface area contributed by atoms with Crippen molar-refractivity contribution >= 4 is 6.09 Å². The number of para-hydroxylation sites is 1. The number of rotatable bonds is 1. The normalized spacial score (nSPS) is 26.8. The van der Waals surface area contributed by atoms with Gasteiger partial charge in [-0.05, 0) is 6.07 Å². The molecule has 0 aromatic heterocycles. The van der Waals surface area contributed by atoms with Crippen molar-refractivity contribution in [2.45, 2.75) is 12.1 Å². The lowest BCUT2D eigenvalue weighted by molar-refractivity contribution is -0.0159. The molecule has 0 unspecified atom stereocenters. The van der Waals surface area contributed by atoms with Gasteiger partial charge < -0.3 is 19.8 Å². The van der Waals surface area contributed by atoms with Crippen LogP contribution in [0.4, 0.5) is 4.79 Å². The van der Waals surface area contributed by atoms with Gasteiger partial charge in [-0.25, -0.2) is 4.79 Å². The standard InChI is InChI=1S/C14H18N2O4/c17-11-9-20-12-4-2-1-3-10(12)13(11)15-5-7-16(8-6-15)14(18)19/h1-4,11,13,17H,5-9H2,(H,18,19)/t11-,13-/m1/s1. The Morgan fingerprint density at radius 2 is 1.90 bits per heavy atom. The molecule has 3 rings (SSSR count). The predicted molar refractivity (Wildman–Crippen MR) is 71.9 cm³/mol. The number of carbonyl (C=O) groups is 1. The van der Waals surface area contributed by atoms with Crippen molar-refractivity contribution in [1.82, 2.24) is 9.80 Å². The Morgan fingerprint density at radius 1 is 1.20 bits per heavy atom. The zero-order chi connectivity index (χ0) is 14.1. The fourth-order valence-corrected chi connectivity index (χ4v) is 2.96. The smallest absolute Gasteiger partial charge is 0.407 e. The zero-order valence-electron chi connectivity index (χ0n) is 11.1. The van der Waals surface area contributed by atoms with Crippen LogP contribution >= 0.6 is 0 Å². The average molecular weight is 278 g/mol. The van der Waals surface area contributed by atoms with Crippen molar-refractivity contribution in [2.75, 3.05) is 32.8 Å². The van der Waals surface area contributed by atoms with Gasteiger partial charge in [0.15, 0.2) is 0 Å². The molecule has 20 heavy (non-hydrogen) atoms. The lowest BCUT2D eigenvalue weighted by atomic mass is 9.96. The van der Waals surface area contributed by atoms with Crippen LogP contribution in [0.3, 0.4) is 0 Å². The second-order valence-electron chi connectivity index (χ2n) is 5.17. The summed E-state index contributed by atoms with van der Waals surface area (Å²) in [5.41, 5.74) is 0.982. The summed E-state index contributed by atoms with van der Waals surface area (Å²) >= 11 is 0. The van der Waals surface area contributed by atoms with E-state index >= 15 is 0 Å². The van der Waals surface area contributed by atoms with Gasteiger partial charge in [0.2, 0.25) is 0 Å². The van der Waals surface area contributed by atoms with E-state index in [4.69, 9.17) is 9.84 Å². The van der Waals surface area contributed by atoms with Crippen LogP contribution in [0.2, 0.25) is 0 Å². The maximum Gasteiger partial charge on any atom is 0.407 e. The third-order valence-electron chi connectivity index (χ3n) is 3.99. The van der Waals surface area contributed by atoms with Crippen molar-refractivity contribution in [1.29, 1.82) is 0 Å². The maximum atomic E-state index is 10.9. The number of amides is 1. The Morgan fingerprint density at radius 3 is 2.60 bits per heavy atom. The van der Waals surface area contributed by atoms with Crippen LogP contribution in [0.15, 0.2) is 24.3 Å². The van der Waals surface area contributed by atoms with Crippen LogP contribution in [0.5, 0.6) is 5.75 Å². The van der Waals surface area contributed by atoms with Crippen LogP contribution < -0.4 is 4.74 Å². The van der Waals surface area contributed by atoms with Crippen LogP contribution in [0.1, 0.15) is 11.6 Å². The van der Waals surface area contributed by atoms with E-state index in [1.807, 2.05) is 24.3 Å². The van der Waals surface area contributed by atoms with E-state index in [2.05, 4.69) is 4.90 Å². The predicted octanol–water partition coefficient (Wildman–Crippen LogP) is 0.777. The monoisotopic (exact) mass is 278 g/mol. The van der Waals surface area contributed by atoms with E-state index in [9.17, 15) is 9.90 Å². The van der Waals surface area contributed by atoms with Crippen LogP contribution in [-0.4, -0.2) is 65.0 Å². The Bertz CT molecular complexity index is 500. The molecule has 2 N–H and O–H groups in total. The van der Waals surface area contributed by atoms with Crippen molar-refractivity contribution in [3.63, 3.8) is 0 Å². The zero-order valence-corrected chi connectivity index (χ0v) is 11.1. The van der Waals surface area contributed by atoms with E-state index in [1.54, 1.807) is 0 Å². The van der Waals surface area contributed by atoms with Crippen molar-refractivity contribution in [2.24, 2.45) is 0 Å². The van der Waals surface area contributed by atoms with Crippen LogP contribution in [-0.2, 0) is 0 Å². The summed E-state index contributed by atoms with van der Waals surface area (Å²) in [6.07, 6.45) is -1.46. The molecular weight excluding hydrogens is 260 g/mol. The first-order valence-corrected chi connectivity index (χ1v) is 6.78. The third kappa shape index (κ3) is 2.32. The molecule has 2 aliphatic heterocycles. The van der Waals surface area contributed by atoms with Gasteiger partial charge >= 0.3 is 6.09 Å². The summed E-state index contributed by atoms with van der Waals surface area (Å²) in [4.78, 5) is 14.5. The molecular formula is C14H18N2O4. The highest BCUT2D eigenvalue weighted by Gasteiger charge is 2.36. The Labute approximate surface area is 117 Å². The minimum Gasteiger partial charge on any atom is -0.490 e. The quantitative estimate of drug-likeness (QED) is 0.794. The Kier molecular flexibility index (Phi) is 3.50. The van der Waals surface area contributed by atoms with Crippen molar-refractivity contribution in [3.05, 3.63) is 29.8 Å². The molecule has 108 valence electrons. The summed E-state index contributed by atoms with van der Waals surface area (Å²) in [7, 11) is 0. The number of nitrogens with zero attached hydrogens (tertiary/aromatic N) is 2. The number of aliphatic hydroxyl groups is 1. The number of hydrogen-bond acceptors (Lipinski definition) is 4. The van der Waals surface area contributed by atoms with Gasteiger partial charge in [-0.2, -0.15) is 0 Å². The van der Waals surface area contributed by atoms with E-state index in [0.717, 1.165) is 11.3 Å². The molecule has 1 saturated heterocycles. The molecule has 2 heterocycles. The molecule has 0 bridgehead atoms. The molecule has 1 fully saturated rings. The summed E-state index contributed by atoms with van der Waals surface area (Å²) in [6, 6.07) is 7.60. The number of ether oxygens (including phenoxy) is 1. The van der Waals surface area contributed by atoms with E-state index < -0.39 is 12.2 Å². The van der Waals surface area contributed by atoms with Gasteiger partial charge in [-0.3, -0.25) is 4.90 Å². The second kappa shape index (κ2) is 5.30. The van der Waals surface area contributed by atoms with Crippen LogP contribution in [0.25, 0.3) is 0 Å². The second-order valence-corrected chi connectivity index (χ2v) is 5.17. The molecule has 1 aromatic rings. The third-order valence-corrected chi connectivity index (χ3v) is 3.99. The SMILES string of the molecule is O=C(O)N1CCN([C@@H]2c3ccccc3OC[C@H]2O)CC1. The minimum atomic E-state index is -0.877. The first kappa shape index (κ1) is 13.2. The molecule has 2 aliphatic rings. The molecule has 6 heteroatoms. The summed E-state index contributed by atoms with van der Waals surface area (Å²) in [5.74, 6) is 0.809. The lowest BCUT2D eigenvalue weighted by Gasteiger charge is -2.42. The first-order chi connectivity index (χ1) is 9.66. The highest BCUT2D eigenvalue weighted by Crippen LogP contribution is 2.36. The molecule has 0 radical (unpaired) electrons. The number of benzene rings is 1. The number of carboxylic acid groups (broad SMARTS) is 1. The van der Waals surface area contributed by atoms with Gasteiger partial charge in [0.1, 0.15) is 18.5 Å². The summed E-state index contributed by atoms with van der Waals surface area (Å²) in [6.45, 7) is 2.48. The average Bonchev–Trinajstić information content (AvgIpc) is 2.47. The largest absolute Gasteiger partial charge is 0.490 e.